The molecular weight excluding hydrogens is 422 g/mol. The number of nitrogens with one attached hydrogen (secondary N) is 1. The van der Waals surface area contributed by atoms with Crippen molar-refractivity contribution in [2.24, 2.45) is 0 Å². The molecule has 2 amide bonds. The zero-order chi connectivity index (χ0) is 22.7. The van der Waals surface area contributed by atoms with E-state index in [1.54, 1.807) is 9.58 Å². The van der Waals surface area contributed by atoms with E-state index in [9.17, 15) is 9.59 Å². The van der Waals surface area contributed by atoms with Crippen LogP contribution in [0.5, 0.6) is 0 Å². The first-order valence-electron chi connectivity index (χ1n) is 10.3. The van der Waals surface area contributed by atoms with E-state index in [1.807, 2.05) is 92.9 Å². The van der Waals surface area contributed by atoms with Gasteiger partial charge in [-0.25, -0.2) is 4.68 Å². The van der Waals surface area contributed by atoms with E-state index in [0.29, 0.717) is 11.2 Å². The van der Waals surface area contributed by atoms with Gasteiger partial charge in [0.25, 0.3) is 0 Å². The fourth-order valence-corrected chi connectivity index (χ4v) is 4.34. The Morgan fingerprint density at radius 1 is 1.03 bits per heavy atom. The van der Waals surface area contributed by atoms with Gasteiger partial charge in [-0.3, -0.25) is 14.5 Å². The number of hydrogen-bond donors (Lipinski definition) is 1. The number of nitrogens with zero attached hydrogens (tertiary/aromatic N) is 4. The van der Waals surface area contributed by atoms with Gasteiger partial charge in [0, 0.05) is 16.1 Å². The highest BCUT2D eigenvalue weighted by Crippen LogP contribution is 2.31. The number of carbonyl (C=O) groups excluding carboxylic acids is 2. The number of fused-ring (bicyclic) bond motifs is 1. The molecule has 0 aliphatic heterocycles. The Morgan fingerprint density at radius 3 is 2.44 bits per heavy atom. The maximum absolute atomic E-state index is 13.7. The number of carbonyl (C=O) groups is 2. The topological polar surface area (TPSA) is 80.1 Å². The number of benzene rings is 2. The molecule has 0 fully saturated rings. The lowest BCUT2D eigenvalue weighted by atomic mass is 10.1. The van der Waals surface area contributed by atoms with Crippen molar-refractivity contribution in [1.82, 2.24) is 20.3 Å². The molecule has 1 N–H and O–H groups in total. The number of thiophene rings is 1. The highest BCUT2D eigenvalue weighted by molar-refractivity contribution is 7.10. The molecule has 0 bridgehead atoms. The van der Waals surface area contributed by atoms with Crippen LogP contribution in [0, 0.1) is 0 Å². The molecule has 8 heteroatoms. The van der Waals surface area contributed by atoms with Crippen LogP contribution in [0.15, 0.2) is 72.1 Å². The summed E-state index contributed by atoms with van der Waals surface area (Å²) in [5, 5.41) is 13.3. The quantitative estimate of drug-likeness (QED) is 0.481. The normalized spacial score (nSPS) is 12.5. The monoisotopic (exact) mass is 447 g/mol. The molecular formula is C24H25N5O2S. The number of anilines is 1. The van der Waals surface area contributed by atoms with Crippen LogP contribution >= 0.6 is 11.3 Å². The predicted octanol–water partition coefficient (Wildman–Crippen LogP) is 4.18. The zero-order valence-corrected chi connectivity index (χ0v) is 19.0. The third-order valence-corrected chi connectivity index (χ3v) is 5.75. The van der Waals surface area contributed by atoms with E-state index in [-0.39, 0.29) is 18.4 Å². The summed E-state index contributed by atoms with van der Waals surface area (Å²) in [6.45, 7) is 5.73. The Morgan fingerprint density at radius 2 is 1.75 bits per heavy atom. The summed E-state index contributed by atoms with van der Waals surface area (Å²) in [4.78, 5) is 29.5. The summed E-state index contributed by atoms with van der Waals surface area (Å²) in [6.07, 6.45) is 0. The molecule has 0 aliphatic carbocycles. The Balaban J connectivity index is 1.76. The third-order valence-electron chi connectivity index (χ3n) is 4.83. The van der Waals surface area contributed by atoms with Crippen molar-refractivity contribution >= 4 is 39.9 Å². The van der Waals surface area contributed by atoms with Crippen molar-refractivity contribution in [1.29, 1.82) is 0 Å². The Hall–Kier alpha value is -3.52. The SMILES string of the molecule is CC(C)(C)NC(=O)[C@H](c1cccs1)N(C(=O)Cn1nnc2ccccc21)c1ccccc1. The molecule has 0 saturated heterocycles. The van der Waals surface area contributed by atoms with Crippen LogP contribution in [0.25, 0.3) is 11.0 Å². The fraction of sp³-hybridized carbons (Fsp3) is 0.250. The molecule has 2 heterocycles. The molecule has 0 unspecified atom stereocenters. The zero-order valence-electron chi connectivity index (χ0n) is 18.2. The molecule has 7 nitrogen and oxygen atoms in total. The minimum Gasteiger partial charge on any atom is -0.349 e. The number of para-hydroxylation sites is 2. The summed E-state index contributed by atoms with van der Waals surface area (Å²) in [5.74, 6) is -0.491. The summed E-state index contributed by atoms with van der Waals surface area (Å²) < 4.78 is 1.57. The van der Waals surface area contributed by atoms with E-state index < -0.39 is 11.6 Å². The second-order valence-electron chi connectivity index (χ2n) is 8.49. The minimum absolute atomic E-state index is 0.0416. The molecule has 4 rings (SSSR count). The first kappa shape index (κ1) is 21.7. The lowest BCUT2D eigenvalue weighted by molar-refractivity contribution is -0.127. The number of aromatic nitrogens is 3. The summed E-state index contributed by atoms with van der Waals surface area (Å²) in [6, 6.07) is 19.7. The van der Waals surface area contributed by atoms with Gasteiger partial charge >= 0.3 is 0 Å². The highest BCUT2D eigenvalue weighted by Gasteiger charge is 2.35. The van der Waals surface area contributed by atoms with Crippen molar-refractivity contribution < 1.29 is 9.59 Å². The molecule has 2 aromatic heterocycles. The maximum atomic E-state index is 13.7. The van der Waals surface area contributed by atoms with Crippen LogP contribution in [0.4, 0.5) is 5.69 Å². The molecule has 164 valence electrons. The molecule has 0 saturated carbocycles. The first-order chi connectivity index (χ1) is 15.3. The van der Waals surface area contributed by atoms with Gasteiger partial charge in [-0.05, 0) is 56.5 Å². The van der Waals surface area contributed by atoms with E-state index in [4.69, 9.17) is 0 Å². The van der Waals surface area contributed by atoms with Gasteiger partial charge in [-0.2, -0.15) is 0 Å². The van der Waals surface area contributed by atoms with Crippen molar-refractivity contribution in [3.63, 3.8) is 0 Å². The second kappa shape index (κ2) is 8.92. The molecule has 4 aromatic rings. The smallest absolute Gasteiger partial charge is 0.249 e. The summed E-state index contributed by atoms with van der Waals surface area (Å²) in [5.41, 5.74) is 1.68. The molecule has 0 radical (unpaired) electrons. The molecule has 0 aliphatic rings. The van der Waals surface area contributed by atoms with Crippen molar-refractivity contribution in [3.8, 4) is 0 Å². The van der Waals surface area contributed by atoms with Crippen LogP contribution < -0.4 is 10.2 Å². The second-order valence-corrected chi connectivity index (χ2v) is 9.47. The van der Waals surface area contributed by atoms with E-state index in [1.165, 1.54) is 11.3 Å². The molecule has 1 atom stereocenters. The van der Waals surface area contributed by atoms with Gasteiger partial charge in [-0.1, -0.05) is 41.6 Å². The Labute approximate surface area is 190 Å². The highest BCUT2D eigenvalue weighted by atomic mass is 32.1. The largest absolute Gasteiger partial charge is 0.349 e. The van der Waals surface area contributed by atoms with Gasteiger partial charge < -0.3 is 5.32 Å². The summed E-state index contributed by atoms with van der Waals surface area (Å²) >= 11 is 1.45. The minimum atomic E-state index is -0.807. The van der Waals surface area contributed by atoms with Gasteiger partial charge in [0.1, 0.15) is 18.1 Å². The van der Waals surface area contributed by atoms with Crippen LogP contribution in [0.2, 0.25) is 0 Å². The lowest BCUT2D eigenvalue weighted by Gasteiger charge is -2.33. The number of hydrogen-bond acceptors (Lipinski definition) is 5. The number of amides is 2. The molecule has 32 heavy (non-hydrogen) atoms. The van der Waals surface area contributed by atoms with E-state index in [0.717, 1.165) is 10.4 Å². The van der Waals surface area contributed by atoms with Crippen molar-refractivity contribution in [3.05, 3.63) is 77.0 Å². The van der Waals surface area contributed by atoms with Crippen LogP contribution in [0.3, 0.4) is 0 Å². The number of rotatable bonds is 6. The van der Waals surface area contributed by atoms with Crippen molar-refractivity contribution in [2.75, 3.05) is 4.90 Å². The lowest BCUT2D eigenvalue weighted by Crippen LogP contribution is -2.50. The Kier molecular flexibility index (Phi) is 6.05. The van der Waals surface area contributed by atoms with Crippen molar-refractivity contribution in [2.45, 2.75) is 38.9 Å². The Bertz CT molecular complexity index is 1210. The van der Waals surface area contributed by atoms with Crippen LogP contribution in [-0.4, -0.2) is 32.3 Å². The fourth-order valence-electron chi connectivity index (χ4n) is 3.52. The predicted molar refractivity (Wildman–Crippen MR) is 126 cm³/mol. The average molecular weight is 448 g/mol. The summed E-state index contributed by atoms with van der Waals surface area (Å²) in [7, 11) is 0. The first-order valence-corrected chi connectivity index (χ1v) is 11.2. The van der Waals surface area contributed by atoms with Gasteiger partial charge in [0.05, 0.1) is 5.52 Å². The van der Waals surface area contributed by atoms with Gasteiger partial charge in [0.2, 0.25) is 11.8 Å². The van der Waals surface area contributed by atoms with Crippen LogP contribution in [0.1, 0.15) is 31.7 Å². The van der Waals surface area contributed by atoms with E-state index in [2.05, 4.69) is 15.6 Å². The van der Waals surface area contributed by atoms with Gasteiger partial charge in [-0.15, -0.1) is 16.4 Å². The van der Waals surface area contributed by atoms with Crippen LogP contribution in [-0.2, 0) is 16.1 Å². The average Bonchev–Trinajstić information content (AvgIpc) is 3.41. The molecule has 2 aromatic carbocycles. The van der Waals surface area contributed by atoms with E-state index >= 15 is 0 Å². The van der Waals surface area contributed by atoms with Gasteiger partial charge in [0.15, 0.2) is 0 Å². The third kappa shape index (κ3) is 4.70. The molecule has 0 spiro atoms. The maximum Gasteiger partial charge on any atom is 0.249 e. The standard InChI is InChI=1S/C24H25N5O2S/c1-24(2,3)25-23(31)22(20-14-9-15-32-20)29(17-10-5-4-6-11-17)21(30)16-28-19-13-8-7-12-18(19)26-27-28/h4-15,22H,16H2,1-3H3,(H,25,31)/t22-/m0/s1.